The van der Waals surface area contributed by atoms with Gasteiger partial charge in [0.25, 0.3) is 11.8 Å². The second-order valence-corrected chi connectivity index (χ2v) is 8.44. The molecule has 32 heavy (non-hydrogen) atoms. The van der Waals surface area contributed by atoms with Crippen LogP contribution in [0.15, 0.2) is 48.2 Å². The summed E-state index contributed by atoms with van der Waals surface area (Å²) in [6.45, 7) is 8.36. The fourth-order valence-corrected chi connectivity index (χ4v) is 4.22. The van der Waals surface area contributed by atoms with Crippen molar-refractivity contribution in [1.82, 2.24) is 9.80 Å². The number of aryl methyl sites for hydroxylation is 1. The summed E-state index contributed by atoms with van der Waals surface area (Å²) in [5, 5.41) is 2.74. The summed E-state index contributed by atoms with van der Waals surface area (Å²) >= 11 is 0. The van der Waals surface area contributed by atoms with Gasteiger partial charge in [-0.15, -0.1) is 0 Å². The lowest BCUT2D eigenvalue weighted by Crippen LogP contribution is -2.46. The molecule has 2 aliphatic rings. The molecule has 2 aliphatic heterocycles. The molecule has 0 atom stereocenters. The minimum atomic E-state index is -0.315. The zero-order chi connectivity index (χ0) is 23.0. The number of imide groups is 1. The molecule has 1 fully saturated rings. The Morgan fingerprint density at radius 2 is 1.56 bits per heavy atom. The van der Waals surface area contributed by atoms with Crippen LogP contribution in [-0.4, -0.2) is 60.7 Å². The largest absolute Gasteiger partial charge is 0.364 e. The minimum absolute atomic E-state index is 0.164. The highest BCUT2D eigenvalue weighted by molar-refractivity contribution is 6.45. The van der Waals surface area contributed by atoms with E-state index in [1.54, 1.807) is 24.3 Å². The van der Waals surface area contributed by atoms with Crippen molar-refractivity contribution in [3.8, 4) is 0 Å². The molecular weight excluding hydrogens is 404 g/mol. The van der Waals surface area contributed by atoms with Crippen LogP contribution in [0, 0.1) is 13.8 Å². The van der Waals surface area contributed by atoms with E-state index in [4.69, 9.17) is 0 Å². The van der Waals surface area contributed by atoms with Crippen LogP contribution in [-0.2, 0) is 14.4 Å². The molecule has 0 aromatic heterocycles. The third kappa shape index (κ3) is 3.91. The van der Waals surface area contributed by atoms with Crippen molar-refractivity contribution in [2.75, 3.05) is 43.4 Å². The van der Waals surface area contributed by atoms with E-state index >= 15 is 0 Å². The van der Waals surface area contributed by atoms with Gasteiger partial charge in [-0.2, -0.15) is 0 Å². The van der Waals surface area contributed by atoms with Crippen molar-refractivity contribution in [2.24, 2.45) is 0 Å². The summed E-state index contributed by atoms with van der Waals surface area (Å²) in [5.74, 6) is -0.762. The molecule has 1 N–H and O–H groups in total. The Kier molecular flexibility index (Phi) is 5.84. The molecule has 0 aliphatic carbocycles. The van der Waals surface area contributed by atoms with Gasteiger partial charge in [0.15, 0.2) is 0 Å². The van der Waals surface area contributed by atoms with Gasteiger partial charge < -0.3 is 15.1 Å². The van der Waals surface area contributed by atoms with Gasteiger partial charge in [-0.1, -0.05) is 24.3 Å². The third-order valence-corrected chi connectivity index (χ3v) is 6.19. The monoisotopic (exact) mass is 432 g/mol. The standard InChI is InChI=1S/C25H28N4O3/c1-16-6-5-7-21(17(16)2)29-24(31)22(19-8-10-20(11-9-19)26-18(3)30)23(25(29)32)28-14-12-27(4)13-15-28/h5-11H,12-15H2,1-4H3,(H,26,30). The first kappa shape index (κ1) is 21.8. The Morgan fingerprint density at radius 1 is 0.906 bits per heavy atom. The molecule has 1 saturated heterocycles. The van der Waals surface area contributed by atoms with Gasteiger partial charge in [-0.05, 0) is 55.8 Å². The average molecular weight is 433 g/mol. The first-order chi connectivity index (χ1) is 15.3. The number of rotatable bonds is 4. The normalized spacial score (nSPS) is 17.4. The summed E-state index contributed by atoms with van der Waals surface area (Å²) < 4.78 is 0. The Balaban J connectivity index is 1.79. The molecule has 2 aromatic carbocycles. The number of anilines is 2. The summed E-state index contributed by atoms with van der Waals surface area (Å²) in [6.07, 6.45) is 0. The number of nitrogens with zero attached hydrogens (tertiary/aromatic N) is 3. The summed E-state index contributed by atoms with van der Waals surface area (Å²) in [5.41, 5.74) is 4.74. The molecule has 4 rings (SSSR count). The Labute approximate surface area is 188 Å². The van der Waals surface area contributed by atoms with E-state index in [1.807, 2.05) is 36.9 Å². The van der Waals surface area contributed by atoms with Crippen molar-refractivity contribution < 1.29 is 14.4 Å². The van der Waals surface area contributed by atoms with Crippen molar-refractivity contribution >= 4 is 34.7 Å². The number of amides is 3. The van der Waals surface area contributed by atoms with Crippen LogP contribution in [0.25, 0.3) is 5.57 Å². The zero-order valence-electron chi connectivity index (χ0n) is 18.9. The summed E-state index contributed by atoms with van der Waals surface area (Å²) in [7, 11) is 2.05. The first-order valence-electron chi connectivity index (χ1n) is 10.8. The van der Waals surface area contributed by atoms with Crippen LogP contribution in [0.3, 0.4) is 0 Å². The van der Waals surface area contributed by atoms with E-state index in [0.29, 0.717) is 41.3 Å². The lowest BCUT2D eigenvalue weighted by molar-refractivity contribution is -0.121. The van der Waals surface area contributed by atoms with Crippen molar-refractivity contribution in [2.45, 2.75) is 20.8 Å². The van der Waals surface area contributed by atoms with Gasteiger partial charge in [0, 0.05) is 38.8 Å². The fourth-order valence-electron chi connectivity index (χ4n) is 4.22. The highest BCUT2D eigenvalue weighted by Gasteiger charge is 2.43. The number of benzene rings is 2. The minimum Gasteiger partial charge on any atom is -0.364 e. The zero-order valence-corrected chi connectivity index (χ0v) is 18.9. The number of likely N-dealkylation sites (N-methyl/N-ethyl adjacent to an activating group) is 1. The van der Waals surface area contributed by atoms with E-state index in [0.717, 1.165) is 24.2 Å². The van der Waals surface area contributed by atoms with E-state index < -0.39 is 0 Å². The predicted octanol–water partition coefficient (Wildman–Crippen LogP) is 2.79. The number of nitrogens with one attached hydrogen (secondary N) is 1. The van der Waals surface area contributed by atoms with Crippen LogP contribution in [0.2, 0.25) is 0 Å². The second-order valence-electron chi connectivity index (χ2n) is 8.44. The highest BCUT2D eigenvalue weighted by atomic mass is 16.2. The molecular formula is C25H28N4O3. The van der Waals surface area contributed by atoms with E-state index in [-0.39, 0.29) is 17.7 Å². The summed E-state index contributed by atoms with van der Waals surface area (Å²) in [4.78, 5) is 44.3. The van der Waals surface area contributed by atoms with Crippen LogP contribution < -0.4 is 10.2 Å². The van der Waals surface area contributed by atoms with Crippen molar-refractivity contribution in [3.05, 3.63) is 64.9 Å². The molecule has 0 unspecified atom stereocenters. The quantitative estimate of drug-likeness (QED) is 0.753. The average Bonchev–Trinajstić information content (AvgIpc) is 3.01. The highest BCUT2D eigenvalue weighted by Crippen LogP contribution is 2.37. The van der Waals surface area contributed by atoms with Gasteiger partial charge in [0.1, 0.15) is 5.70 Å². The topological polar surface area (TPSA) is 73.0 Å². The SMILES string of the molecule is CC(=O)Nc1ccc(C2=C(N3CCN(C)CC3)C(=O)N(c3cccc(C)c3C)C2=O)cc1. The first-order valence-corrected chi connectivity index (χ1v) is 10.8. The number of hydrogen-bond acceptors (Lipinski definition) is 5. The molecule has 3 amide bonds. The molecule has 166 valence electrons. The lowest BCUT2D eigenvalue weighted by atomic mass is 10.0. The molecule has 0 radical (unpaired) electrons. The molecule has 0 spiro atoms. The molecule has 2 heterocycles. The fraction of sp³-hybridized carbons (Fsp3) is 0.320. The third-order valence-electron chi connectivity index (χ3n) is 6.19. The lowest BCUT2D eigenvalue weighted by Gasteiger charge is -2.34. The maximum atomic E-state index is 13.7. The van der Waals surface area contributed by atoms with E-state index in [2.05, 4.69) is 17.3 Å². The van der Waals surface area contributed by atoms with Gasteiger partial charge in [-0.3, -0.25) is 14.4 Å². The smallest absolute Gasteiger partial charge is 0.282 e. The molecule has 2 aromatic rings. The number of hydrogen-bond donors (Lipinski definition) is 1. The Morgan fingerprint density at radius 3 is 2.19 bits per heavy atom. The maximum Gasteiger partial charge on any atom is 0.282 e. The Bertz CT molecular complexity index is 1110. The molecule has 7 nitrogen and oxygen atoms in total. The van der Waals surface area contributed by atoms with Crippen LogP contribution in [0.4, 0.5) is 11.4 Å². The molecule has 0 saturated carbocycles. The van der Waals surface area contributed by atoms with Gasteiger partial charge in [-0.25, -0.2) is 4.90 Å². The predicted molar refractivity (Wildman–Crippen MR) is 125 cm³/mol. The van der Waals surface area contributed by atoms with Gasteiger partial charge >= 0.3 is 0 Å². The van der Waals surface area contributed by atoms with E-state index in [9.17, 15) is 14.4 Å². The van der Waals surface area contributed by atoms with Gasteiger partial charge in [0.05, 0.1) is 11.3 Å². The van der Waals surface area contributed by atoms with Crippen LogP contribution in [0.5, 0.6) is 0 Å². The van der Waals surface area contributed by atoms with Gasteiger partial charge in [0.2, 0.25) is 5.91 Å². The van der Waals surface area contributed by atoms with Crippen LogP contribution in [0.1, 0.15) is 23.6 Å². The van der Waals surface area contributed by atoms with E-state index in [1.165, 1.54) is 11.8 Å². The second kappa shape index (κ2) is 8.59. The molecule has 7 heteroatoms. The Hall–Kier alpha value is -3.45. The van der Waals surface area contributed by atoms with Crippen LogP contribution >= 0.6 is 0 Å². The number of piperazine rings is 1. The maximum absolute atomic E-state index is 13.7. The molecule has 0 bridgehead atoms. The summed E-state index contributed by atoms with van der Waals surface area (Å²) in [6, 6.07) is 12.7. The number of carbonyl (C=O) groups is 3. The number of carbonyl (C=O) groups excluding carboxylic acids is 3. The van der Waals surface area contributed by atoms with Crippen molar-refractivity contribution in [3.63, 3.8) is 0 Å². The van der Waals surface area contributed by atoms with Crippen molar-refractivity contribution in [1.29, 1.82) is 0 Å².